The fourth-order valence-electron chi connectivity index (χ4n) is 1.74. The number of aromatic nitrogens is 2. The van der Waals surface area contributed by atoms with Crippen LogP contribution in [0.25, 0.3) is 0 Å². The quantitative estimate of drug-likeness (QED) is 0.918. The van der Waals surface area contributed by atoms with Crippen molar-refractivity contribution in [3.8, 4) is 0 Å². The third-order valence-electron chi connectivity index (χ3n) is 2.67. The molecule has 0 aliphatic carbocycles. The Morgan fingerprint density at radius 1 is 1.33 bits per heavy atom. The Hall–Kier alpha value is -1.65. The van der Waals surface area contributed by atoms with E-state index in [-0.39, 0.29) is 0 Å². The van der Waals surface area contributed by atoms with E-state index in [0.29, 0.717) is 18.1 Å². The first-order valence-corrected chi connectivity index (χ1v) is 6.03. The first-order chi connectivity index (χ1) is 8.72. The lowest BCUT2D eigenvalue weighted by atomic mass is 10.2. The van der Waals surface area contributed by atoms with Gasteiger partial charge in [0.05, 0.1) is 5.02 Å². The summed E-state index contributed by atoms with van der Waals surface area (Å²) in [6.45, 7) is 1.11. The lowest BCUT2D eigenvalue weighted by Crippen LogP contribution is -2.19. The van der Waals surface area contributed by atoms with E-state index in [1.54, 1.807) is 12.4 Å². The maximum atomic E-state index is 6.27. The Morgan fingerprint density at radius 2 is 2.17 bits per heavy atom. The molecule has 94 valence electrons. The molecule has 18 heavy (non-hydrogen) atoms. The van der Waals surface area contributed by atoms with Gasteiger partial charge < -0.3 is 10.6 Å². The van der Waals surface area contributed by atoms with Crippen LogP contribution in [0.5, 0.6) is 0 Å². The van der Waals surface area contributed by atoms with E-state index < -0.39 is 0 Å². The van der Waals surface area contributed by atoms with Crippen molar-refractivity contribution < 1.29 is 0 Å². The topological polar surface area (TPSA) is 55.0 Å². The Morgan fingerprint density at radius 3 is 2.83 bits per heavy atom. The van der Waals surface area contributed by atoms with Crippen LogP contribution in [0, 0.1) is 0 Å². The summed E-state index contributed by atoms with van der Waals surface area (Å²) in [6.07, 6.45) is 5.31. The van der Waals surface area contributed by atoms with Gasteiger partial charge in [0.15, 0.2) is 0 Å². The molecule has 5 heteroatoms. The van der Waals surface area contributed by atoms with Gasteiger partial charge in [0, 0.05) is 38.7 Å². The van der Waals surface area contributed by atoms with Crippen molar-refractivity contribution in [3.05, 3.63) is 52.9 Å². The van der Waals surface area contributed by atoms with Crippen molar-refractivity contribution in [1.82, 2.24) is 9.97 Å². The van der Waals surface area contributed by atoms with Gasteiger partial charge in [0.2, 0.25) is 0 Å². The van der Waals surface area contributed by atoms with Gasteiger partial charge >= 0.3 is 0 Å². The van der Waals surface area contributed by atoms with Gasteiger partial charge in [-0.1, -0.05) is 17.7 Å². The number of rotatable bonds is 4. The summed E-state index contributed by atoms with van der Waals surface area (Å²) in [5, 5.41) is 0.617. The van der Waals surface area contributed by atoms with Crippen LogP contribution < -0.4 is 10.6 Å². The summed E-state index contributed by atoms with van der Waals surface area (Å²) in [5.74, 6) is 0.739. The monoisotopic (exact) mass is 262 g/mol. The van der Waals surface area contributed by atoms with E-state index in [2.05, 4.69) is 9.97 Å². The zero-order chi connectivity index (χ0) is 13.0. The SMILES string of the molecule is CN(Cc1cccnc1)c1nccc(CN)c1Cl. The van der Waals surface area contributed by atoms with Crippen molar-refractivity contribution in [2.24, 2.45) is 5.73 Å². The number of nitrogens with two attached hydrogens (primary N) is 1. The molecule has 0 saturated carbocycles. The molecular formula is C13H15ClN4. The van der Waals surface area contributed by atoms with Gasteiger partial charge in [-0.15, -0.1) is 0 Å². The van der Waals surface area contributed by atoms with Gasteiger partial charge in [-0.05, 0) is 23.3 Å². The molecule has 0 amide bonds. The summed E-state index contributed by atoms with van der Waals surface area (Å²) in [6, 6.07) is 5.77. The Kier molecular flexibility index (Phi) is 4.12. The van der Waals surface area contributed by atoms with Crippen molar-refractivity contribution in [2.45, 2.75) is 13.1 Å². The number of halogens is 1. The molecule has 2 aromatic heterocycles. The second kappa shape index (κ2) is 5.80. The van der Waals surface area contributed by atoms with E-state index >= 15 is 0 Å². The van der Waals surface area contributed by atoms with Gasteiger partial charge in [-0.2, -0.15) is 0 Å². The minimum atomic E-state index is 0.412. The highest BCUT2D eigenvalue weighted by atomic mass is 35.5. The molecule has 0 fully saturated rings. The van der Waals surface area contributed by atoms with Gasteiger partial charge in [-0.25, -0.2) is 4.98 Å². The van der Waals surface area contributed by atoms with Gasteiger partial charge in [0.1, 0.15) is 5.82 Å². The van der Waals surface area contributed by atoms with Crippen LogP contribution in [0.15, 0.2) is 36.8 Å². The molecule has 2 rings (SSSR count). The molecule has 2 aromatic rings. The van der Waals surface area contributed by atoms with Crippen molar-refractivity contribution in [1.29, 1.82) is 0 Å². The Labute approximate surface area is 111 Å². The fourth-order valence-corrected chi connectivity index (χ4v) is 2.07. The third-order valence-corrected chi connectivity index (χ3v) is 3.09. The zero-order valence-electron chi connectivity index (χ0n) is 10.2. The maximum Gasteiger partial charge on any atom is 0.147 e. The Bertz CT molecular complexity index is 516. The zero-order valence-corrected chi connectivity index (χ0v) is 10.9. The van der Waals surface area contributed by atoms with E-state index in [4.69, 9.17) is 17.3 Å². The first kappa shape index (κ1) is 12.8. The standard InChI is InChI=1S/C13H15ClN4/c1-18(9-10-3-2-5-16-8-10)13-12(14)11(7-15)4-6-17-13/h2-6,8H,7,9,15H2,1H3. The van der Waals surface area contributed by atoms with Crippen LogP contribution in [-0.2, 0) is 13.1 Å². The van der Waals surface area contributed by atoms with Crippen LogP contribution in [0.2, 0.25) is 5.02 Å². The fraction of sp³-hybridized carbons (Fsp3) is 0.231. The normalized spacial score (nSPS) is 10.4. The second-order valence-electron chi connectivity index (χ2n) is 4.03. The third kappa shape index (κ3) is 2.78. The predicted octanol–water partition coefficient (Wildman–Crippen LogP) is 2.23. The molecule has 0 aliphatic rings. The van der Waals surface area contributed by atoms with E-state index in [1.165, 1.54) is 0 Å². The summed E-state index contributed by atoms with van der Waals surface area (Å²) in [7, 11) is 1.95. The van der Waals surface area contributed by atoms with Crippen molar-refractivity contribution in [2.75, 3.05) is 11.9 Å². The van der Waals surface area contributed by atoms with Crippen LogP contribution in [0.4, 0.5) is 5.82 Å². The number of pyridine rings is 2. The van der Waals surface area contributed by atoms with E-state index in [9.17, 15) is 0 Å². The second-order valence-corrected chi connectivity index (χ2v) is 4.41. The summed E-state index contributed by atoms with van der Waals surface area (Å²) < 4.78 is 0. The molecule has 0 aliphatic heterocycles. The lowest BCUT2D eigenvalue weighted by Gasteiger charge is -2.20. The smallest absolute Gasteiger partial charge is 0.147 e. The average molecular weight is 263 g/mol. The highest BCUT2D eigenvalue weighted by Crippen LogP contribution is 2.26. The highest BCUT2D eigenvalue weighted by Gasteiger charge is 2.11. The molecule has 0 atom stereocenters. The molecular weight excluding hydrogens is 248 g/mol. The summed E-state index contributed by atoms with van der Waals surface area (Å²) >= 11 is 6.27. The molecule has 0 aromatic carbocycles. The molecule has 0 bridgehead atoms. The first-order valence-electron chi connectivity index (χ1n) is 5.66. The minimum Gasteiger partial charge on any atom is -0.354 e. The van der Waals surface area contributed by atoms with Crippen molar-refractivity contribution in [3.63, 3.8) is 0 Å². The summed E-state index contributed by atoms with van der Waals surface area (Å²) in [4.78, 5) is 10.4. The van der Waals surface area contributed by atoms with Gasteiger partial charge in [-0.3, -0.25) is 4.98 Å². The van der Waals surface area contributed by atoms with Crippen LogP contribution in [0.3, 0.4) is 0 Å². The largest absolute Gasteiger partial charge is 0.354 e. The number of hydrogen-bond donors (Lipinski definition) is 1. The van der Waals surface area contributed by atoms with Crippen molar-refractivity contribution >= 4 is 17.4 Å². The Balaban J connectivity index is 2.21. The van der Waals surface area contributed by atoms with Crippen LogP contribution in [0.1, 0.15) is 11.1 Å². The van der Waals surface area contributed by atoms with E-state index in [0.717, 1.165) is 16.9 Å². The molecule has 0 spiro atoms. The van der Waals surface area contributed by atoms with E-state index in [1.807, 2.05) is 36.3 Å². The molecule has 2 heterocycles. The van der Waals surface area contributed by atoms with Gasteiger partial charge in [0.25, 0.3) is 0 Å². The molecule has 0 radical (unpaired) electrons. The highest BCUT2D eigenvalue weighted by molar-refractivity contribution is 6.33. The lowest BCUT2D eigenvalue weighted by molar-refractivity contribution is 0.887. The molecule has 2 N–H and O–H groups in total. The molecule has 4 nitrogen and oxygen atoms in total. The molecule has 0 saturated heterocycles. The number of hydrogen-bond acceptors (Lipinski definition) is 4. The average Bonchev–Trinajstić information content (AvgIpc) is 2.40. The predicted molar refractivity (Wildman–Crippen MR) is 73.5 cm³/mol. The maximum absolute atomic E-state index is 6.27. The van der Waals surface area contributed by atoms with Crippen LogP contribution in [-0.4, -0.2) is 17.0 Å². The number of nitrogens with zero attached hydrogens (tertiary/aromatic N) is 3. The summed E-state index contributed by atoms with van der Waals surface area (Å²) in [5.41, 5.74) is 7.64. The van der Waals surface area contributed by atoms with Crippen LogP contribution >= 0.6 is 11.6 Å². The minimum absolute atomic E-state index is 0.412. The molecule has 0 unspecified atom stereocenters. The number of anilines is 1.